The molecule has 1 heterocycles. The first-order valence-electron chi connectivity index (χ1n) is 5.76. The van der Waals surface area contributed by atoms with Crippen molar-refractivity contribution >= 4 is 5.97 Å². The van der Waals surface area contributed by atoms with Crippen LogP contribution in [0.2, 0.25) is 0 Å². The number of alkyl halides is 3. The van der Waals surface area contributed by atoms with Crippen LogP contribution in [0.25, 0.3) is 5.69 Å². The van der Waals surface area contributed by atoms with Gasteiger partial charge in [-0.25, -0.2) is 9.48 Å². The minimum Gasteiger partial charge on any atom is -0.505 e. The molecule has 114 valence electrons. The molecule has 0 radical (unpaired) electrons. The Labute approximate surface area is 122 Å². The van der Waals surface area contributed by atoms with Crippen LogP contribution in [0.15, 0.2) is 24.4 Å². The molecule has 0 amide bonds. The lowest BCUT2D eigenvalue weighted by atomic mass is 10.1. The molecular weight excluding hydrogens is 303 g/mol. The lowest BCUT2D eigenvalue weighted by Gasteiger charge is -2.13. The van der Waals surface area contributed by atoms with Gasteiger partial charge in [-0.3, -0.25) is 0 Å². The third-order valence-corrected chi connectivity index (χ3v) is 2.75. The molecule has 2 rings (SSSR count). The molecule has 0 spiro atoms. The Bertz CT molecular complexity index is 775. The molecule has 1 N–H and O–H groups in total. The Morgan fingerprint density at radius 2 is 2.14 bits per heavy atom. The van der Waals surface area contributed by atoms with E-state index in [1.54, 1.807) is 6.07 Å². The van der Waals surface area contributed by atoms with Gasteiger partial charge < -0.3 is 9.84 Å². The number of halogens is 3. The standard InChI is InChI=1S/C13H8F3N3O3/c1-22-12(21)9-2-3-19(18-9)10-5-7(6-17)4-8(11(10)20)13(14,15)16/h2-5,20H,1H3. The number of aromatic hydroxyl groups is 1. The van der Waals surface area contributed by atoms with Crippen molar-refractivity contribution in [3.63, 3.8) is 0 Å². The number of phenols is 1. The average Bonchev–Trinajstić information content (AvgIpc) is 2.95. The third kappa shape index (κ3) is 2.71. The van der Waals surface area contributed by atoms with Gasteiger partial charge in [-0.2, -0.15) is 23.5 Å². The van der Waals surface area contributed by atoms with Crippen LogP contribution in [-0.4, -0.2) is 28.0 Å². The van der Waals surface area contributed by atoms with Gasteiger partial charge in [0.1, 0.15) is 11.3 Å². The zero-order chi connectivity index (χ0) is 16.5. The average molecular weight is 311 g/mol. The minimum atomic E-state index is -4.84. The predicted octanol–water partition coefficient (Wildman–Crippen LogP) is 2.25. The summed E-state index contributed by atoms with van der Waals surface area (Å²) in [4.78, 5) is 11.3. The van der Waals surface area contributed by atoms with E-state index in [1.165, 1.54) is 12.3 Å². The van der Waals surface area contributed by atoms with E-state index in [-0.39, 0.29) is 16.9 Å². The summed E-state index contributed by atoms with van der Waals surface area (Å²) in [5.41, 5.74) is -2.20. The zero-order valence-corrected chi connectivity index (χ0v) is 11.0. The topological polar surface area (TPSA) is 88.1 Å². The van der Waals surface area contributed by atoms with Crippen molar-refractivity contribution in [1.29, 1.82) is 5.26 Å². The molecule has 0 bridgehead atoms. The first kappa shape index (κ1) is 15.4. The van der Waals surface area contributed by atoms with Crippen molar-refractivity contribution in [3.05, 3.63) is 41.2 Å². The molecule has 0 unspecified atom stereocenters. The molecule has 0 aliphatic heterocycles. The summed E-state index contributed by atoms with van der Waals surface area (Å²) in [5, 5.41) is 22.3. The highest BCUT2D eigenvalue weighted by molar-refractivity contribution is 5.87. The quantitative estimate of drug-likeness (QED) is 0.859. The highest BCUT2D eigenvalue weighted by Gasteiger charge is 2.36. The smallest absolute Gasteiger partial charge is 0.420 e. The number of methoxy groups -OCH3 is 1. The molecule has 6 nitrogen and oxygen atoms in total. The maximum atomic E-state index is 12.9. The highest BCUT2D eigenvalue weighted by Crippen LogP contribution is 2.39. The normalized spacial score (nSPS) is 11.0. The van der Waals surface area contributed by atoms with Gasteiger partial charge in [0.25, 0.3) is 0 Å². The van der Waals surface area contributed by atoms with E-state index >= 15 is 0 Å². The highest BCUT2D eigenvalue weighted by atomic mass is 19.4. The van der Waals surface area contributed by atoms with Gasteiger partial charge in [0.2, 0.25) is 0 Å². The molecule has 0 aliphatic carbocycles. The summed E-state index contributed by atoms with van der Waals surface area (Å²) in [6.45, 7) is 0. The molecular formula is C13H8F3N3O3. The molecule has 0 fully saturated rings. The second-order valence-corrected chi connectivity index (χ2v) is 4.14. The molecule has 0 atom stereocenters. The number of benzene rings is 1. The number of esters is 1. The summed E-state index contributed by atoms with van der Waals surface area (Å²) in [5.74, 6) is -1.88. The monoisotopic (exact) mass is 311 g/mol. The SMILES string of the molecule is COC(=O)c1ccn(-c2cc(C#N)cc(C(F)(F)F)c2O)n1. The predicted molar refractivity (Wildman–Crippen MR) is 66.3 cm³/mol. The largest absolute Gasteiger partial charge is 0.505 e. The number of aromatic nitrogens is 2. The van der Waals surface area contributed by atoms with Crippen LogP contribution in [0.1, 0.15) is 21.6 Å². The van der Waals surface area contributed by atoms with Gasteiger partial charge in [-0.05, 0) is 18.2 Å². The molecule has 0 aliphatic rings. The summed E-state index contributed by atoms with van der Waals surface area (Å²) in [7, 11) is 1.12. The van der Waals surface area contributed by atoms with Gasteiger partial charge in [0.05, 0.1) is 18.7 Å². The lowest BCUT2D eigenvalue weighted by Crippen LogP contribution is -2.09. The summed E-state index contributed by atoms with van der Waals surface area (Å²) in [6.07, 6.45) is -3.67. The number of nitriles is 1. The first-order chi connectivity index (χ1) is 10.3. The molecule has 1 aromatic carbocycles. The van der Waals surface area contributed by atoms with Crippen LogP contribution in [0, 0.1) is 11.3 Å². The second-order valence-electron chi connectivity index (χ2n) is 4.14. The molecule has 0 saturated carbocycles. The number of ether oxygens (including phenoxy) is 1. The van der Waals surface area contributed by atoms with Gasteiger partial charge in [0.15, 0.2) is 11.4 Å². The fourth-order valence-corrected chi connectivity index (χ4v) is 1.75. The first-order valence-corrected chi connectivity index (χ1v) is 5.76. The fourth-order valence-electron chi connectivity index (χ4n) is 1.75. The van der Waals surface area contributed by atoms with E-state index < -0.39 is 23.5 Å². The zero-order valence-electron chi connectivity index (χ0n) is 11.0. The number of nitrogens with zero attached hydrogens (tertiary/aromatic N) is 3. The van der Waals surface area contributed by atoms with Crippen molar-refractivity contribution in [2.45, 2.75) is 6.18 Å². The minimum absolute atomic E-state index is 0.155. The summed E-state index contributed by atoms with van der Waals surface area (Å²) >= 11 is 0. The van der Waals surface area contributed by atoms with Gasteiger partial charge in [-0.15, -0.1) is 0 Å². The summed E-state index contributed by atoms with van der Waals surface area (Å²) in [6, 6.07) is 4.34. The maximum Gasteiger partial charge on any atom is 0.420 e. The fraction of sp³-hybridized carbons (Fsp3) is 0.154. The van der Waals surface area contributed by atoms with Crippen LogP contribution in [0.4, 0.5) is 13.2 Å². The van der Waals surface area contributed by atoms with Crippen LogP contribution in [0.5, 0.6) is 5.75 Å². The Balaban J connectivity index is 2.63. The van der Waals surface area contributed by atoms with Crippen LogP contribution >= 0.6 is 0 Å². The number of carbonyl (C=O) groups is 1. The number of hydrogen-bond acceptors (Lipinski definition) is 5. The van der Waals surface area contributed by atoms with Crippen LogP contribution in [-0.2, 0) is 10.9 Å². The maximum absolute atomic E-state index is 12.9. The van der Waals surface area contributed by atoms with Crippen molar-refractivity contribution in [2.24, 2.45) is 0 Å². The molecule has 22 heavy (non-hydrogen) atoms. The van der Waals surface area contributed by atoms with Crippen molar-refractivity contribution < 1.29 is 27.8 Å². The molecule has 0 saturated heterocycles. The van der Waals surface area contributed by atoms with E-state index in [1.807, 2.05) is 0 Å². The second kappa shape index (κ2) is 5.40. The summed E-state index contributed by atoms with van der Waals surface area (Å²) < 4.78 is 43.9. The van der Waals surface area contributed by atoms with Gasteiger partial charge in [-0.1, -0.05) is 0 Å². The van der Waals surface area contributed by atoms with Crippen LogP contribution < -0.4 is 0 Å². The number of rotatable bonds is 2. The Hall–Kier alpha value is -3.02. The molecule has 1 aromatic heterocycles. The van der Waals surface area contributed by atoms with E-state index in [9.17, 15) is 23.1 Å². The van der Waals surface area contributed by atoms with E-state index in [4.69, 9.17) is 5.26 Å². The lowest BCUT2D eigenvalue weighted by molar-refractivity contribution is -0.138. The van der Waals surface area contributed by atoms with Crippen LogP contribution in [0.3, 0.4) is 0 Å². The Kier molecular flexibility index (Phi) is 3.77. The Morgan fingerprint density at radius 1 is 1.45 bits per heavy atom. The molecule has 9 heteroatoms. The van der Waals surface area contributed by atoms with E-state index in [2.05, 4.69) is 9.84 Å². The third-order valence-electron chi connectivity index (χ3n) is 2.75. The van der Waals surface area contributed by atoms with Gasteiger partial charge >= 0.3 is 12.1 Å². The number of phenolic OH excluding ortho intramolecular Hbond substituents is 1. The van der Waals surface area contributed by atoms with E-state index in [0.29, 0.717) is 6.07 Å². The van der Waals surface area contributed by atoms with Crippen molar-refractivity contribution in [1.82, 2.24) is 9.78 Å². The number of hydrogen-bond donors (Lipinski definition) is 1. The number of carbonyl (C=O) groups excluding carboxylic acids is 1. The van der Waals surface area contributed by atoms with Gasteiger partial charge in [0, 0.05) is 6.20 Å². The Morgan fingerprint density at radius 3 is 2.68 bits per heavy atom. The van der Waals surface area contributed by atoms with E-state index in [0.717, 1.165) is 17.9 Å². The van der Waals surface area contributed by atoms with Crippen molar-refractivity contribution in [3.8, 4) is 17.5 Å². The molecule has 2 aromatic rings. The van der Waals surface area contributed by atoms with Crippen molar-refractivity contribution in [2.75, 3.05) is 7.11 Å².